The number of likely N-dealkylation sites (tertiary alicyclic amines) is 1. The number of hydrogen-bond donors (Lipinski definition) is 4. The first-order valence-corrected chi connectivity index (χ1v) is 11.9. The van der Waals surface area contributed by atoms with Crippen molar-refractivity contribution in [3.8, 4) is 0 Å². The molecular weight excluding hydrogens is 420 g/mol. The largest absolute Gasteiger partial charge is 0.477 e. The highest BCUT2D eigenvalue weighted by atomic mass is 32.2. The standard InChI is InChI=1S/C21H32N4O5S/c1-9-16-15(11(3)26)20(28)25(16)17(21(29)30)18(9)31-13-6-14(23-7-13)19(27)24-5-4-12(8-24)10(2)22/h9-16,23,26H,4-8,22H2,1-3H3,(H,29,30). The number of amides is 2. The Balaban J connectivity index is 1.42. The fourth-order valence-corrected chi connectivity index (χ4v) is 6.96. The number of carbonyl (C=O) groups is 3. The third-order valence-corrected chi connectivity index (χ3v) is 8.78. The van der Waals surface area contributed by atoms with Gasteiger partial charge in [0.05, 0.1) is 24.1 Å². The van der Waals surface area contributed by atoms with Gasteiger partial charge in [0.2, 0.25) is 11.8 Å². The third-order valence-electron chi connectivity index (χ3n) is 7.27. The summed E-state index contributed by atoms with van der Waals surface area (Å²) in [5, 5.41) is 23.1. The van der Waals surface area contributed by atoms with Crippen LogP contribution in [-0.4, -0.2) is 86.9 Å². The average molecular weight is 453 g/mol. The van der Waals surface area contributed by atoms with Crippen molar-refractivity contribution >= 4 is 29.5 Å². The normalized spacial score (nSPS) is 37.1. The van der Waals surface area contributed by atoms with E-state index in [0.717, 1.165) is 13.0 Å². The van der Waals surface area contributed by atoms with Gasteiger partial charge in [-0.1, -0.05) is 6.92 Å². The van der Waals surface area contributed by atoms with E-state index in [4.69, 9.17) is 5.73 Å². The lowest BCUT2D eigenvalue weighted by molar-refractivity contribution is -0.163. The Labute approximate surface area is 186 Å². The van der Waals surface area contributed by atoms with Crippen molar-refractivity contribution in [2.45, 2.75) is 63.1 Å². The van der Waals surface area contributed by atoms with Crippen LogP contribution in [-0.2, 0) is 14.4 Å². The zero-order chi connectivity index (χ0) is 22.6. The summed E-state index contributed by atoms with van der Waals surface area (Å²) in [6.07, 6.45) is 0.729. The number of nitrogens with zero attached hydrogens (tertiary/aromatic N) is 2. The molecule has 3 fully saturated rings. The molecule has 0 aliphatic carbocycles. The Morgan fingerprint density at radius 1 is 1.32 bits per heavy atom. The molecule has 3 saturated heterocycles. The number of aliphatic carboxylic acids is 1. The van der Waals surface area contributed by atoms with Crippen LogP contribution < -0.4 is 11.1 Å². The number of aliphatic hydroxyl groups excluding tert-OH is 1. The first-order valence-electron chi connectivity index (χ1n) is 11.0. The Morgan fingerprint density at radius 3 is 2.61 bits per heavy atom. The molecular formula is C21H32N4O5S. The minimum absolute atomic E-state index is 0.0403. The number of nitrogens with one attached hydrogen (secondary N) is 1. The SMILES string of the molecule is CC(N)C1CCN(C(=O)C2CC(SC3=C(C(=O)O)N4C(=O)C(C(C)O)C4C3C)CN2)C1. The summed E-state index contributed by atoms with van der Waals surface area (Å²) in [4.78, 5) is 41.3. The van der Waals surface area contributed by atoms with Crippen molar-refractivity contribution in [3.63, 3.8) is 0 Å². The Morgan fingerprint density at radius 2 is 2.03 bits per heavy atom. The van der Waals surface area contributed by atoms with E-state index >= 15 is 0 Å². The van der Waals surface area contributed by atoms with Crippen molar-refractivity contribution in [1.82, 2.24) is 15.1 Å². The molecule has 0 aromatic heterocycles. The van der Waals surface area contributed by atoms with E-state index in [9.17, 15) is 24.6 Å². The number of β-lactam (4-membered cyclic amide) rings is 1. The molecule has 0 aromatic rings. The van der Waals surface area contributed by atoms with Gasteiger partial charge in [0, 0.05) is 41.7 Å². The molecule has 5 N–H and O–H groups in total. The molecule has 0 bridgehead atoms. The van der Waals surface area contributed by atoms with Crippen LogP contribution in [0.15, 0.2) is 10.6 Å². The summed E-state index contributed by atoms with van der Waals surface area (Å²) >= 11 is 1.46. The zero-order valence-electron chi connectivity index (χ0n) is 18.2. The molecule has 4 heterocycles. The molecule has 4 rings (SSSR count). The van der Waals surface area contributed by atoms with Gasteiger partial charge in [-0.25, -0.2) is 4.79 Å². The Hall–Kier alpha value is -1.62. The molecule has 0 radical (unpaired) electrons. The minimum atomic E-state index is -1.12. The Kier molecular flexibility index (Phi) is 6.10. The molecule has 172 valence electrons. The maximum absolute atomic E-state index is 12.9. The first kappa shape index (κ1) is 22.6. The van der Waals surface area contributed by atoms with Crippen molar-refractivity contribution in [1.29, 1.82) is 0 Å². The predicted octanol–water partition coefficient (Wildman–Crippen LogP) is -0.200. The van der Waals surface area contributed by atoms with Gasteiger partial charge in [0.25, 0.3) is 0 Å². The summed E-state index contributed by atoms with van der Waals surface area (Å²) in [5.74, 6) is -1.74. The van der Waals surface area contributed by atoms with E-state index in [-0.39, 0.29) is 46.8 Å². The molecule has 8 atom stereocenters. The van der Waals surface area contributed by atoms with Crippen LogP contribution in [0.5, 0.6) is 0 Å². The maximum atomic E-state index is 12.9. The highest BCUT2D eigenvalue weighted by Gasteiger charge is 2.60. The van der Waals surface area contributed by atoms with Crippen LogP contribution >= 0.6 is 11.8 Å². The smallest absolute Gasteiger partial charge is 0.353 e. The van der Waals surface area contributed by atoms with Gasteiger partial charge in [-0.05, 0) is 32.6 Å². The number of fused-ring (bicyclic) bond motifs is 1. The minimum Gasteiger partial charge on any atom is -0.477 e. The highest BCUT2D eigenvalue weighted by Crippen LogP contribution is 2.51. The molecule has 31 heavy (non-hydrogen) atoms. The third kappa shape index (κ3) is 3.77. The van der Waals surface area contributed by atoms with Crippen LogP contribution in [0.3, 0.4) is 0 Å². The lowest BCUT2D eigenvalue weighted by Crippen LogP contribution is -2.63. The molecule has 4 aliphatic heterocycles. The van der Waals surface area contributed by atoms with Gasteiger partial charge >= 0.3 is 5.97 Å². The quantitative estimate of drug-likeness (QED) is 0.407. The second kappa shape index (κ2) is 8.38. The molecule has 0 spiro atoms. The monoisotopic (exact) mass is 452 g/mol. The molecule has 2 amide bonds. The van der Waals surface area contributed by atoms with Gasteiger partial charge in [-0.3, -0.25) is 9.59 Å². The highest BCUT2D eigenvalue weighted by molar-refractivity contribution is 8.03. The summed E-state index contributed by atoms with van der Waals surface area (Å²) < 4.78 is 0. The van der Waals surface area contributed by atoms with E-state index in [0.29, 0.717) is 30.3 Å². The van der Waals surface area contributed by atoms with Crippen molar-refractivity contribution in [3.05, 3.63) is 10.6 Å². The number of rotatable bonds is 6. The average Bonchev–Trinajstić information content (AvgIpc) is 3.40. The molecule has 0 aromatic carbocycles. The topological polar surface area (TPSA) is 136 Å². The number of aliphatic hydroxyl groups is 1. The summed E-state index contributed by atoms with van der Waals surface area (Å²) in [6, 6.07) is -0.520. The number of hydrogen-bond acceptors (Lipinski definition) is 7. The number of nitrogens with two attached hydrogens (primary N) is 1. The molecule has 10 heteroatoms. The van der Waals surface area contributed by atoms with Gasteiger partial charge in [-0.15, -0.1) is 11.8 Å². The van der Waals surface area contributed by atoms with Crippen molar-refractivity contribution in [2.24, 2.45) is 23.5 Å². The molecule has 9 nitrogen and oxygen atoms in total. The lowest BCUT2D eigenvalue weighted by Gasteiger charge is -2.46. The fourth-order valence-electron chi connectivity index (χ4n) is 5.48. The lowest BCUT2D eigenvalue weighted by atomic mass is 9.79. The van der Waals surface area contributed by atoms with E-state index in [1.54, 1.807) is 6.92 Å². The number of carbonyl (C=O) groups excluding carboxylic acids is 2. The molecule has 8 unspecified atom stereocenters. The van der Waals surface area contributed by atoms with Gasteiger partial charge in [-0.2, -0.15) is 0 Å². The Bertz CT molecular complexity index is 816. The molecule has 0 saturated carbocycles. The predicted molar refractivity (Wildman–Crippen MR) is 116 cm³/mol. The van der Waals surface area contributed by atoms with Crippen molar-refractivity contribution < 1.29 is 24.6 Å². The number of thioether (sulfide) groups is 1. The van der Waals surface area contributed by atoms with E-state index in [2.05, 4.69) is 5.32 Å². The summed E-state index contributed by atoms with van der Waals surface area (Å²) in [5.41, 5.74) is 6.03. The van der Waals surface area contributed by atoms with Crippen LogP contribution in [0, 0.1) is 17.8 Å². The second-order valence-electron chi connectivity index (χ2n) is 9.40. The summed E-state index contributed by atoms with van der Waals surface area (Å²) in [6.45, 7) is 7.49. The summed E-state index contributed by atoms with van der Waals surface area (Å²) in [7, 11) is 0. The van der Waals surface area contributed by atoms with Crippen LogP contribution in [0.1, 0.15) is 33.6 Å². The molecule has 4 aliphatic rings. The van der Waals surface area contributed by atoms with Gasteiger partial charge < -0.3 is 31.1 Å². The van der Waals surface area contributed by atoms with Crippen molar-refractivity contribution in [2.75, 3.05) is 19.6 Å². The van der Waals surface area contributed by atoms with Gasteiger partial charge in [0.15, 0.2) is 0 Å². The van der Waals surface area contributed by atoms with E-state index < -0.39 is 18.0 Å². The first-order chi connectivity index (χ1) is 14.6. The maximum Gasteiger partial charge on any atom is 0.353 e. The van der Waals surface area contributed by atoms with E-state index in [1.807, 2.05) is 18.7 Å². The zero-order valence-corrected chi connectivity index (χ0v) is 19.0. The fraction of sp³-hybridized carbons (Fsp3) is 0.762. The van der Waals surface area contributed by atoms with Crippen LogP contribution in [0.4, 0.5) is 0 Å². The van der Waals surface area contributed by atoms with E-state index in [1.165, 1.54) is 16.7 Å². The number of carboxylic acids is 1. The van der Waals surface area contributed by atoms with Crippen LogP contribution in [0.25, 0.3) is 0 Å². The van der Waals surface area contributed by atoms with Gasteiger partial charge in [0.1, 0.15) is 5.70 Å². The van der Waals surface area contributed by atoms with Crippen LogP contribution in [0.2, 0.25) is 0 Å². The number of carboxylic acid groups (broad SMARTS) is 1. The second-order valence-corrected chi connectivity index (χ2v) is 10.7.